The van der Waals surface area contributed by atoms with Crippen LogP contribution in [0.3, 0.4) is 0 Å². The lowest BCUT2D eigenvalue weighted by Crippen LogP contribution is -2.38. The van der Waals surface area contributed by atoms with Crippen molar-refractivity contribution in [2.45, 2.75) is 70.6 Å². The molecule has 0 spiro atoms. The minimum atomic E-state index is -0.144. The Labute approximate surface area is 254 Å². The van der Waals surface area contributed by atoms with Gasteiger partial charge in [0.05, 0.1) is 13.6 Å². The van der Waals surface area contributed by atoms with Gasteiger partial charge in [-0.3, -0.25) is 9.48 Å². The topological polar surface area (TPSA) is 9.49 Å². The summed E-state index contributed by atoms with van der Waals surface area (Å²) >= 11 is 0. The first kappa shape index (κ1) is 28.8. The van der Waals surface area contributed by atoms with Crippen LogP contribution < -0.4 is 4.90 Å². The number of para-hydroxylation sites is 1. The van der Waals surface area contributed by atoms with Gasteiger partial charge in [-0.2, -0.15) is 0 Å². The molecular formula is C39H50N3+. The molecule has 3 nitrogen and oxygen atoms in total. The second kappa shape index (κ2) is 12.9. The quantitative estimate of drug-likeness (QED) is 0.219. The Kier molecular flexibility index (Phi) is 8.84. The minimum absolute atomic E-state index is 0.144. The van der Waals surface area contributed by atoms with E-state index in [-0.39, 0.29) is 5.41 Å². The lowest BCUT2D eigenvalue weighted by atomic mass is 9.70. The summed E-state index contributed by atoms with van der Waals surface area (Å²) < 4.78 is 2.50. The van der Waals surface area contributed by atoms with Gasteiger partial charge in [-0.25, -0.2) is 0 Å². The van der Waals surface area contributed by atoms with Crippen LogP contribution in [0.1, 0.15) is 69.1 Å². The van der Waals surface area contributed by atoms with Gasteiger partial charge in [-0.15, -0.1) is 0 Å². The van der Waals surface area contributed by atoms with E-state index >= 15 is 0 Å². The fourth-order valence-corrected chi connectivity index (χ4v) is 7.74. The highest BCUT2D eigenvalue weighted by Gasteiger charge is 2.48. The van der Waals surface area contributed by atoms with Gasteiger partial charge in [-0.05, 0) is 60.3 Å². The van der Waals surface area contributed by atoms with Gasteiger partial charge >= 0.3 is 0 Å². The summed E-state index contributed by atoms with van der Waals surface area (Å²) in [7, 11) is 2.29. The maximum atomic E-state index is 2.75. The summed E-state index contributed by atoms with van der Waals surface area (Å²) in [5.41, 5.74) is 7.08. The number of nitrogens with zero attached hydrogens (tertiary/aromatic N) is 3. The standard InChI is InChI=1S/C39H50N3/c1-31(2)22-24-41-27-26-40(3)38(41)28-37-39(29-33-16-6-4-7-17-33,30-34-18-8-5-9-19-34)35-20-12-13-21-36(35)42(37)25-23-32-14-10-11-15-32/h4-9,12-13,16-21,28,31-32H,10-11,14-15,22-27,29-30H2,1-3H3/q+1. The molecule has 0 unspecified atom stereocenters. The van der Waals surface area contributed by atoms with Crippen molar-refractivity contribution in [2.24, 2.45) is 11.8 Å². The van der Waals surface area contributed by atoms with Crippen LogP contribution in [-0.2, 0) is 18.3 Å². The summed E-state index contributed by atoms with van der Waals surface area (Å²) in [6, 6.07) is 31.8. The largest absolute Gasteiger partial charge is 0.344 e. The molecule has 2 aliphatic heterocycles. The van der Waals surface area contributed by atoms with Crippen molar-refractivity contribution in [1.29, 1.82) is 0 Å². The second-order valence-corrected chi connectivity index (χ2v) is 13.5. The van der Waals surface area contributed by atoms with Crippen LogP contribution in [0.4, 0.5) is 5.69 Å². The molecule has 1 fully saturated rings. The molecule has 0 bridgehead atoms. The van der Waals surface area contributed by atoms with Crippen molar-refractivity contribution in [3.63, 3.8) is 0 Å². The zero-order chi connectivity index (χ0) is 28.9. The zero-order valence-corrected chi connectivity index (χ0v) is 26.1. The number of anilines is 1. The number of hydrogen-bond acceptors (Lipinski definition) is 2. The highest BCUT2D eigenvalue weighted by molar-refractivity contribution is 5.92. The number of hydrogen-bond donors (Lipinski definition) is 0. The molecule has 1 aliphatic carbocycles. The smallest absolute Gasteiger partial charge is 0.273 e. The molecular weight excluding hydrogens is 510 g/mol. The maximum Gasteiger partial charge on any atom is 0.273 e. The van der Waals surface area contributed by atoms with Crippen LogP contribution in [0.25, 0.3) is 0 Å². The lowest BCUT2D eigenvalue weighted by Gasteiger charge is -2.35. The molecule has 1 saturated carbocycles. The third-order valence-corrected chi connectivity index (χ3v) is 10.1. The first-order valence-electron chi connectivity index (χ1n) is 16.5. The van der Waals surface area contributed by atoms with Crippen molar-refractivity contribution >= 4 is 11.5 Å². The Morgan fingerprint density at radius 2 is 1.45 bits per heavy atom. The molecule has 6 rings (SSSR count). The summed E-state index contributed by atoms with van der Waals surface area (Å²) in [6.07, 6.45) is 12.7. The van der Waals surface area contributed by atoms with E-state index in [1.807, 2.05) is 0 Å². The summed E-state index contributed by atoms with van der Waals surface area (Å²) in [5, 5.41) is 0. The Hall–Kier alpha value is -3.33. The van der Waals surface area contributed by atoms with Crippen molar-refractivity contribution in [3.8, 4) is 0 Å². The summed E-state index contributed by atoms with van der Waals surface area (Å²) in [4.78, 5) is 5.40. The van der Waals surface area contributed by atoms with Gasteiger partial charge in [0.25, 0.3) is 5.84 Å². The molecule has 0 N–H and O–H groups in total. The van der Waals surface area contributed by atoms with Crippen LogP contribution in [0.15, 0.2) is 96.7 Å². The molecule has 3 aromatic rings. The summed E-state index contributed by atoms with van der Waals surface area (Å²) in [6.45, 7) is 9.13. The molecule has 3 aliphatic rings. The van der Waals surface area contributed by atoms with E-state index in [2.05, 4.69) is 126 Å². The van der Waals surface area contributed by atoms with Gasteiger partial charge in [0.2, 0.25) is 0 Å². The van der Waals surface area contributed by atoms with E-state index in [4.69, 9.17) is 0 Å². The van der Waals surface area contributed by atoms with Crippen LogP contribution in [0.2, 0.25) is 0 Å². The number of amidine groups is 1. The molecule has 42 heavy (non-hydrogen) atoms. The highest BCUT2D eigenvalue weighted by atomic mass is 15.3. The van der Waals surface area contributed by atoms with Crippen LogP contribution >= 0.6 is 0 Å². The van der Waals surface area contributed by atoms with E-state index < -0.39 is 0 Å². The maximum absolute atomic E-state index is 2.75. The molecule has 3 aromatic carbocycles. The fourth-order valence-electron chi connectivity index (χ4n) is 7.74. The normalized spacial score (nSPS) is 19.5. The highest BCUT2D eigenvalue weighted by Crippen LogP contribution is 2.52. The molecule has 0 saturated heterocycles. The van der Waals surface area contributed by atoms with E-state index in [9.17, 15) is 0 Å². The van der Waals surface area contributed by atoms with Crippen LogP contribution in [0, 0.1) is 11.8 Å². The third kappa shape index (κ3) is 6.07. The fraction of sp³-hybridized carbons (Fsp3) is 0.462. The van der Waals surface area contributed by atoms with Crippen molar-refractivity contribution < 1.29 is 4.58 Å². The van der Waals surface area contributed by atoms with Crippen molar-refractivity contribution in [2.75, 3.05) is 38.1 Å². The molecule has 0 radical (unpaired) electrons. The van der Waals surface area contributed by atoms with Gasteiger partial charge in [0.15, 0.2) is 0 Å². The predicted molar refractivity (Wildman–Crippen MR) is 178 cm³/mol. The second-order valence-electron chi connectivity index (χ2n) is 13.5. The van der Waals surface area contributed by atoms with Crippen molar-refractivity contribution in [3.05, 3.63) is 113 Å². The van der Waals surface area contributed by atoms with Gasteiger partial charge in [0, 0.05) is 29.4 Å². The van der Waals surface area contributed by atoms with Gasteiger partial charge in [-0.1, -0.05) is 118 Å². The predicted octanol–water partition coefficient (Wildman–Crippen LogP) is 8.10. The molecule has 3 heteroatoms. The van der Waals surface area contributed by atoms with E-state index in [0.29, 0.717) is 5.92 Å². The van der Waals surface area contributed by atoms with Crippen molar-refractivity contribution in [1.82, 2.24) is 4.90 Å². The third-order valence-electron chi connectivity index (χ3n) is 10.1. The average molecular weight is 561 g/mol. The number of rotatable bonds is 11. The van der Waals surface area contributed by atoms with Gasteiger partial charge in [0.1, 0.15) is 13.1 Å². The molecule has 220 valence electrons. The first-order chi connectivity index (χ1) is 20.5. The number of allylic oxidation sites excluding steroid dienone is 1. The Morgan fingerprint density at radius 3 is 2.10 bits per heavy atom. The zero-order valence-electron chi connectivity index (χ0n) is 26.1. The summed E-state index contributed by atoms with van der Waals surface area (Å²) in [5.74, 6) is 2.97. The SMILES string of the molecule is CC(C)CCN1CC[N+](C)=C1/C=C1/N(CCC2CCCC2)c2ccccc2C1(Cc1ccccc1)Cc1ccccc1. The Morgan fingerprint density at radius 1 is 0.833 bits per heavy atom. The Balaban J connectivity index is 1.51. The molecule has 0 atom stereocenters. The Bertz CT molecular complexity index is 1340. The number of benzene rings is 3. The lowest BCUT2D eigenvalue weighted by molar-refractivity contribution is -0.485. The number of likely N-dealkylation sites (N-methyl/N-ethyl adjacent to an activating group) is 1. The van der Waals surface area contributed by atoms with Gasteiger partial charge < -0.3 is 4.90 Å². The molecule has 2 heterocycles. The van der Waals surface area contributed by atoms with E-state index in [1.165, 1.54) is 72.4 Å². The monoisotopic (exact) mass is 560 g/mol. The minimum Gasteiger partial charge on any atom is -0.344 e. The first-order valence-corrected chi connectivity index (χ1v) is 16.5. The molecule has 0 amide bonds. The number of fused-ring (bicyclic) bond motifs is 1. The van der Waals surface area contributed by atoms with Crippen LogP contribution in [0.5, 0.6) is 0 Å². The van der Waals surface area contributed by atoms with E-state index in [0.717, 1.165) is 44.9 Å². The molecule has 0 aromatic heterocycles. The average Bonchev–Trinajstić information content (AvgIpc) is 3.71. The van der Waals surface area contributed by atoms with E-state index in [1.54, 1.807) is 0 Å². The van der Waals surface area contributed by atoms with Crippen LogP contribution in [-0.4, -0.2) is 48.5 Å².